The molecule has 1 aromatic heterocycles. The number of carbonyl (C=O) groups excluding carboxylic acids is 1. The number of aromatic nitrogens is 1. The van der Waals surface area contributed by atoms with E-state index in [9.17, 15) is 4.79 Å². The molecule has 0 unspecified atom stereocenters. The number of nitrogens with zero attached hydrogens (tertiary/aromatic N) is 4. The predicted octanol–water partition coefficient (Wildman–Crippen LogP) is 2.91. The molecule has 0 bridgehead atoms. The van der Waals surface area contributed by atoms with Gasteiger partial charge in [0.15, 0.2) is 5.96 Å². The van der Waals surface area contributed by atoms with Gasteiger partial charge in [0.05, 0.1) is 0 Å². The van der Waals surface area contributed by atoms with Crippen LogP contribution >= 0.6 is 24.0 Å². The molecule has 8 heteroatoms. The molecule has 31 heavy (non-hydrogen) atoms. The molecule has 3 rings (SSSR count). The van der Waals surface area contributed by atoms with Crippen molar-refractivity contribution in [3.05, 3.63) is 59.3 Å². The lowest BCUT2D eigenvalue weighted by Crippen LogP contribution is -2.37. The van der Waals surface area contributed by atoms with E-state index in [1.807, 2.05) is 36.5 Å². The van der Waals surface area contributed by atoms with Crippen LogP contribution in [0.3, 0.4) is 0 Å². The van der Waals surface area contributed by atoms with E-state index in [0.717, 1.165) is 43.4 Å². The van der Waals surface area contributed by atoms with Crippen molar-refractivity contribution in [2.24, 2.45) is 4.99 Å². The third-order valence-electron chi connectivity index (χ3n) is 5.21. The third kappa shape index (κ3) is 7.37. The van der Waals surface area contributed by atoms with Crippen LogP contribution in [0.1, 0.15) is 34.3 Å². The molecule has 1 saturated heterocycles. The van der Waals surface area contributed by atoms with Crippen molar-refractivity contribution in [3.63, 3.8) is 0 Å². The second-order valence-electron chi connectivity index (χ2n) is 7.72. The molecular weight excluding hydrogens is 503 g/mol. The van der Waals surface area contributed by atoms with Gasteiger partial charge in [-0.15, -0.1) is 24.0 Å². The molecule has 168 valence electrons. The summed E-state index contributed by atoms with van der Waals surface area (Å²) in [6, 6.07) is 12.0. The summed E-state index contributed by atoms with van der Waals surface area (Å²) in [4.78, 5) is 24.9. The van der Waals surface area contributed by atoms with Crippen LogP contribution in [0.4, 0.5) is 5.82 Å². The second kappa shape index (κ2) is 12.5. The van der Waals surface area contributed by atoms with Gasteiger partial charge in [-0.25, -0.2) is 4.98 Å². The first-order chi connectivity index (χ1) is 14.6. The van der Waals surface area contributed by atoms with Crippen molar-refractivity contribution in [1.82, 2.24) is 20.5 Å². The summed E-state index contributed by atoms with van der Waals surface area (Å²) in [7, 11) is 5.31. The Morgan fingerprint density at radius 3 is 2.61 bits per heavy atom. The zero-order chi connectivity index (χ0) is 21.3. The Kier molecular flexibility index (Phi) is 10.0. The van der Waals surface area contributed by atoms with Crippen molar-refractivity contribution in [2.75, 3.05) is 45.7 Å². The number of amides is 1. The Balaban J connectivity index is 0.00000341. The maximum atomic E-state index is 12.1. The average Bonchev–Trinajstić information content (AvgIpc) is 3.31. The van der Waals surface area contributed by atoms with E-state index in [2.05, 4.69) is 31.6 Å². The molecular formula is C23H33IN6O. The first kappa shape index (κ1) is 24.9. The Morgan fingerprint density at radius 1 is 1.13 bits per heavy atom. The number of anilines is 1. The van der Waals surface area contributed by atoms with Crippen molar-refractivity contribution in [3.8, 4) is 0 Å². The van der Waals surface area contributed by atoms with E-state index < -0.39 is 0 Å². The summed E-state index contributed by atoms with van der Waals surface area (Å²) in [5.74, 6) is 1.84. The minimum Gasteiger partial charge on any atom is -0.357 e. The van der Waals surface area contributed by atoms with Crippen molar-refractivity contribution < 1.29 is 4.79 Å². The lowest BCUT2D eigenvalue weighted by atomic mass is 10.1. The number of halogens is 1. The number of hydrogen-bond acceptors (Lipinski definition) is 4. The maximum Gasteiger partial charge on any atom is 0.253 e. The molecule has 1 aliphatic rings. The number of nitrogens with one attached hydrogen (secondary N) is 2. The smallest absolute Gasteiger partial charge is 0.253 e. The van der Waals surface area contributed by atoms with Crippen LogP contribution < -0.4 is 15.5 Å². The van der Waals surface area contributed by atoms with E-state index in [1.54, 1.807) is 26.0 Å². The molecule has 2 aromatic rings. The van der Waals surface area contributed by atoms with Crippen LogP contribution in [0.25, 0.3) is 0 Å². The number of carbonyl (C=O) groups is 1. The summed E-state index contributed by atoms with van der Waals surface area (Å²) in [6.45, 7) is 3.60. The van der Waals surface area contributed by atoms with Gasteiger partial charge in [-0.1, -0.05) is 12.1 Å². The van der Waals surface area contributed by atoms with Crippen LogP contribution in [0.15, 0.2) is 47.6 Å². The molecule has 1 amide bonds. The molecule has 1 fully saturated rings. The fraction of sp³-hybridized carbons (Fsp3) is 0.435. The van der Waals surface area contributed by atoms with Crippen LogP contribution in [0, 0.1) is 0 Å². The van der Waals surface area contributed by atoms with E-state index in [4.69, 9.17) is 0 Å². The van der Waals surface area contributed by atoms with Gasteiger partial charge in [-0.05, 0) is 54.7 Å². The van der Waals surface area contributed by atoms with Gasteiger partial charge in [-0.2, -0.15) is 0 Å². The number of benzene rings is 1. The van der Waals surface area contributed by atoms with Gasteiger partial charge in [0, 0.05) is 59.1 Å². The summed E-state index contributed by atoms with van der Waals surface area (Å²) in [5.41, 5.74) is 3.02. The van der Waals surface area contributed by atoms with Gasteiger partial charge < -0.3 is 20.4 Å². The number of rotatable bonds is 7. The number of aliphatic imine (C=N–C) groups is 1. The van der Waals surface area contributed by atoms with E-state index >= 15 is 0 Å². The quantitative estimate of drug-likeness (QED) is 0.324. The van der Waals surface area contributed by atoms with Crippen molar-refractivity contribution in [2.45, 2.75) is 25.8 Å². The molecule has 0 spiro atoms. The van der Waals surface area contributed by atoms with Gasteiger partial charge in [0.2, 0.25) is 0 Å². The Morgan fingerprint density at radius 2 is 1.90 bits per heavy atom. The second-order valence-corrected chi connectivity index (χ2v) is 7.72. The normalized spacial score (nSPS) is 13.5. The SMILES string of the molecule is CN=C(NCCc1cccc(C(=O)N(C)C)c1)NCc1ccnc(N2CCCC2)c1.I. The van der Waals surface area contributed by atoms with Crippen molar-refractivity contribution in [1.29, 1.82) is 0 Å². The number of pyridine rings is 1. The van der Waals surface area contributed by atoms with Gasteiger partial charge in [0.25, 0.3) is 5.91 Å². The molecule has 1 aliphatic heterocycles. The molecule has 0 saturated carbocycles. The summed E-state index contributed by atoms with van der Waals surface area (Å²) < 4.78 is 0. The molecule has 0 aliphatic carbocycles. The largest absolute Gasteiger partial charge is 0.357 e. The topological polar surface area (TPSA) is 72.9 Å². The molecule has 1 aromatic carbocycles. The fourth-order valence-corrected chi connectivity index (χ4v) is 3.54. The van der Waals surface area contributed by atoms with E-state index in [-0.39, 0.29) is 29.9 Å². The minimum atomic E-state index is 0. The molecule has 0 radical (unpaired) electrons. The highest BCUT2D eigenvalue weighted by Crippen LogP contribution is 2.18. The Hall–Kier alpha value is -2.36. The minimum absolute atomic E-state index is 0. The number of hydrogen-bond donors (Lipinski definition) is 2. The molecule has 2 heterocycles. The summed E-state index contributed by atoms with van der Waals surface area (Å²) >= 11 is 0. The third-order valence-corrected chi connectivity index (χ3v) is 5.21. The first-order valence-electron chi connectivity index (χ1n) is 10.5. The zero-order valence-electron chi connectivity index (χ0n) is 18.6. The standard InChI is InChI=1S/C23H32N6O.HI/c1-24-23(26-12-9-18-7-6-8-20(15-18)22(30)28(2)3)27-17-19-10-11-25-21(16-19)29-13-4-5-14-29;/h6-8,10-11,15-16H,4-5,9,12-14,17H2,1-3H3,(H2,24,26,27);1H. The molecule has 0 atom stereocenters. The van der Waals surface area contributed by atoms with Gasteiger partial charge in [-0.3, -0.25) is 9.79 Å². The Labute approximate surface area is 202 Å². The maximum absolute atomic E-state index is 12.1. The summed E-state index contributed by atoms with van der Waals surface area (Å²) in [5, 5.41) is 6.71. The number of guanidine groups is 1. The van der Waals surface area contributed by atoms with Gasteiger partial charge in [0.1, 0.15) is 5.82 Å². The molecule has 2 N–H and O–H groups in total. The highest BCUT2D eigenvalue weighted by molar-refractivity contribution is 14.0. The Bertz CT molecular complexity index is 880. The summed E-state index contributed by atoms with van der Waals surface area (Å²) in [6.07, 6.45) is 5.17. The van der Waals surface area contributed by atoms with Crippen molar-refractivity contribution >= 4 is 41.7 Å². The zero-order valence-corrected chi connectivity index (χ0v) is 20.9. The first-order valence-corrected chi connectivity index (χ1v) is 10.5. The lowest BCUT2D eigenvalue weighted by molar-refractivity contribution is 0.0827. The van der Waals surface area contributed by atoms with Crippen LogP contribution in [-0.2, 0) is 13.0 Å². The monoisotopic (exact) mass is 536 g/mol. The fourth-order valence-electron chi connectivity index (χ4n) is 3.54. The van der Waals surface area contributed by atoms with Gasteiger partial charge >= 0.3 is 0 Å². The lowest BCUT2D eigenvalue weighted by Gasteiger charge is -2.17. The predicted molar refractivity (Wildman–Crippen MR) is 137 cm³/mol. The van der Waals surface area contributed by atoms with Crippen LogP contribution in [0.2, 0.25) is 0 Å². The van der Waals surface area contributed by atoms with E-state index in [1.165, 1.54) is 18.4 Å². The highest BCUT2D eigenvalue weighted by Gasteiger charge is 2.13. The van der Waals surface area contributed by atoms with Crippen LogP contribution in [0.5, 0.6) is 0 Å². The van der Waals surface area contributed by atoms with E-state index in [0.29, 0.717) is 12.1 Å². The van der Waals surface area contributed by atoms with Crippen LogP contribution in [-0.4, -0.2) is 62.5 Å². The molecule has 7 nitrogen and oxygen atoms in total. The average molecular weight is 536 g/mol. The highest BCUT2D eigenvalue weighted by atomic mass is 127.